The summed E-state index contributed by atoms with van der Waals surface area (Å²) in [4.78, 5) is 23.8. The predicted molar refractivity (Wildman–Crippen MR) is 92.8 cm³/mol. The maximum Gasteiger partial charge on any atom is 0.251 e. The molecule has 0 unspecified atom stereocenters. The third kappa shape index (κ3) is 4.50. The van der Waals surface area contributed by atoms with Gasteiger partial charge in [-0.05, 0) is 43.2 Å². The Morgan fingerprint density at radius 1 is 1.04 bits per heavy atom. The van der Waals surface area contributed by atoms with Gasteiger partial charge in [0.15, 0.2) is 11.5 Å². The highest BCUT2D eigenvalue weighted by Gasteiger charge is 2.13. The highest BCUT2D eigenvalue weighted by molar-refractivity contribution is 5.96. The third-order valence-corrected chi connectivity index (χ3v) is 3.86. The highest BCUT2D eigenvalue weighted by Crippen LogP contribution is 2.32. The molecule has 130 valence electrons. The van der Waals surface area contributed by atoms with Crippen molar-refractivity contribution in [3.63, 3.8) is 0 Å². The molecule has 2 aromatic rings. The summed E-state index contributed by atoms with van der Waals surface area (Å²) >= 11 is 0. The number of benzene rings is 2. The second kappa shape index (κ2) is 7.70. The number of fused-ring (bicyclic) bond motifs is 1. The Morgan fingerprint density at radius 3 is 2.72 bits per heavy atom. The van der Waals surface area contributed by atoms with Crippen LogP contribution in [0, 0.1) is 6.92 Å². The molecule has 6 nitrogen and oxygen atoms in total. The molecule has 2 N–H and O–H groups in total. The van der Waals surface area contributed by atoms with Gasteiger partial charge in [0, 0.05) is 12.1 Å². The molecule has 2 amide bonds. The molecule has 25 heavy (non-hydrogen) atoms. The molecule has 0 aromatic heterocycles. The van der Waals surface area contributed by atoms with Crippen LogP contribution in [0.1, 0.15) is 21.5 Å². The Balaban J connectivity index is 1.40. The molecule has 3 rings (SSSR count). The van der Waals surface area contributed by atoms with Crippen LogP contribution in [0.3, 0.4) is 0 Å². The summed E-state index contributed by atoms with van der Waals surface area (Å²) in [6.07, 6.45) is 0.675. The van der Waals surface area contributed by atoms with Gasteiger partial charge in [-0.3, -0.25) is 9.59 Å². The van der Waals surface area contributed by atoms with Crippen LogP contribution in [0.2, 0.25) is 0 Å². The van der Waals surface area contributed by atoms with Crippen LogP contribution in [0.15, 0.2) is 42.5 Å². The van der Waals surface area contributed by atoms with Crippen LogP contribution < -0.4 is 20.1 Å². The van der Waals surface area contributed by atoms with Crippen molar-refractivity contribution in [2.75, 3.05) is 19.9 Å². The van der Waals surface area contributed by atoms with Gasteiger partial charge in [0.1, 0.15) is 0 Å². The van der Waals surface area contributed by atoms with E-state index < -0.39 is 0 Å². The SMILES string of the molecule is Cc1cccc(C(=O)NCC(=O)NCCc2ccc3c(c2)OCO3)c1. The smallest absolute Gasteiger partial charge is 0.251 e. The molecule has 0 spiro atoms. The lowest BCUT2D eigenvalue weighted by Gasteiger charge is -2.08. The summed E-state index contributed by atoms with van der Waals surface area (Å²) in [5, 5.41) is 5.41. The van der Waals surface area contributed by atoms with Crippen LogP contribution >= 0.6 is 0 Å². The second-order valence-electron chi connectivity index (χ2n) is 5.84. The first-order valence-corrected chi connectivity index (χ1v) is 8.12. The van der Waals surface area contributed by atoms with E-state index in [1.807, 2.05) is 37.3 Å². The van der Waals surface area contributed by atoms with Gasteiger partial charge in [0.2, 0.25) is 12.7 Å². The van der Waals surface area contributed by atoms with Gasteiger partial charge in [0.05, 0.1) is 6.54 Å². The fraction of sp³-hybridized carbons (Fsp3) is 0.263. The van der Waals surface area contributed by atoms with Gasteiger partial charge in [-0.1, -0.05) is 23.8 Å². The van der Waals surface area contributed by atoms with E-state index in [1.54, 1.807) is 12.1 Å². The van der Waals surface area contributed by atoms with Crippen molar-refractivity contribution < 1.29 is 19.1 Å². The molecule has 0 saturated carbocycles. The quantitative estimate of drug-likeness (QED) is 0.841. The zero-order valence-corrected chi connectivity index (χ0v) is 14.0. The third-order valence-electron chi connectivity index (χ3n) is 3.86. The molecular weight excluding hydrogens is 320 g/mol. The van der Waals surface area contributed by atoms with Crippen LogP contribution in [0.25, 0.3) is 0 Å². The molecule has 0 bridgehead atoms. The lowest BCUT2D eigenvalue weighted by molar-refractivity contribution is -0.120. The topological polar surface area (TPSA) is 76.7 Å². The van der Waals surface area contributed by atoms with Gasteiger partial charge in [-0.25, -0.2) is 0 Å². The van der Waals surface area contributed by atoms with Crippen LogP contribution in [0.5, 0.6) is 11.5 Å². The van der Waals surface area contributed by atoms with Crippen molar-refractivity contribution >= 4 is 11.8 Å². The van der Waals surface area contributed by atoms with E-state index in [9.17, 15) is 9.59 Å². The van der Waals surface area contributed by atoms with Crippen LogP contribution in [-0.4, -0.2) is 31.7 Å². The monoisotopic (exact) mass is 340 g/mol. The normalized spacial score (nSPS) is 11.9. The summed E-state index contributed by atoms with van der Waals surface area (Å²) in [6, 6.07) is 13.0. The molecule has 2 aromatic carbocycles. The van der Waals surface area contributed by atoms with Gasteiger partial charge in [0.25, 0.3) is 5.91 Å². The van der Waals surface area contributed by atoms with E-state index >= 15 is 0 Å². The number of aryl methyl sites for hydroxylation is 1. The van der Waals surface area contributed by atoms with Gasteiger partial charge >= 0.3 is 0 Å². The van der Waals surface area contributed by atoms with E-state index in [1.165, 1.54) is 0 Å². The van der Waals surface area contributed by atoms with E-state index in [-0.39, 0.29) is 25.2 Å². The molecule has 1 aliphatic rings. The van der Waals surface area contributed by atoms with Crippen molar-refractivity contribution in [3.8, 4) is 11.5 Å². The van der Waals surface area contributed by atoms with Gasteiger partial charge < -0.3 is 20.1 Å². The number of ether oxygens (including phenoxy) is 2. The summed E-state index contributed by atoms with van der Waals surface area (Å²) in [6.45, 7) is 2.60. The van der Waals surface area contributed by atoms with Crippen LogP contribution in [0.4, 0.5) is 0 Å². The number of nitrogens with one attached hydrogen (secondary N) is 2. The lowest BCUT2D eigenvalue weighted by Crippen LogP contribution is -2.37. The molecular formula is C19H20N2O4. The van der Waals surface area contributed by atoms with E-state index in [4.69, 9.17) is 9.47 Å². The van der Waals surface area contributed by atoms with Crippen molar-refractivity contribution in [1.82, 2.24) is 10.6 Å². The standard InChI is InChI=1S/C19H20N2O4/c1-13-3-2-4-15(9-13)19(23)21-11-18(22)20-8-7-14-5-6-16-17(10-14)25-12-24-16/h2-6,9-10H,7-8,11-12H2,1H3,(H,20,22)(H,21,23). The molecule has 1 heterocycles. The van der Waals surface area contributed by atoms with Gasteiger partial charge in [-0.2, -0.15) is 0 Å². The molecule has 1 aliphatic heterocycles. The molecule has 0 atom stereocenters. The zero-order valence-electron chi connectivity index (χ0n) is 14.0. The Labute approximate surface area is 146 Å². The molecule has 0 saturated heterocycles. The summed E-state index contributed by atoms with van der Waals surface area (Å²) in [5.41, 5.74) is 2.60. The number of amides is 2. The minimum atomic E-state index is -0.255. The van der Waals surface area contributed by atoms with E-state index in [0.717, 1.165) is 22.6 Å². The summed E-state index contributed by atoms with van der Waals surface area (Å²) in [5.74, 6) is 0.997. The Bertz CT molecular complexity index is 789. The van der Waals surface area contributed by atoms with Crippen molar-refractivity contribution in [2.24, 2.45) is 0 Å². The molecule has 6 heteroatoms. The average molecular weight is 340 g/mol. The Morgan fingerprint density at radius 2 is 1.88 bits per heavy atom. The van der Waals surface area contributed by atoms with E-state index in [0.29, 0.717) is 18.5 Å². The first-order valence-electron chi connectivity index (χ1n) is 8.12. The molecule has 0 radical (unpaired) electrons. The fourth-order valence-electron chi connectivity index (χ4n) is 2.55. The Kier molecular flexibility index (Phi) is 5.18. The van der Waals surface area contributed by atoms with Crippen molar-refractivity contribution in [3.05, 3.63) is 59.2 Å². The number of rotatable bonds is 6. The largest absolute Gasteiger partial charge is 0.454 e. The summed E-state index contributed by atoms with van der Waals surface area (Å²) < 4.78 is 10.6. The summed E-state index contributed by atoms with van der Waals surface area (Å²) in [7, 11) is 0. The predicted octanol–water partition coefficient (Wildman–Crippen LogP) is 1.81. The number of hydrogen-bond donors (Lipinski definition) is 2. The highest BCUT2D eigenvalue weighted by atomic mass is 16.7. The fourth-order valence-corrected chi connectivity index (χ4v) is 2.55. The maximum atomic E-state index is 12.0. The maximum absolute atomic E-state index is 12.0. The van der Waals surface area contributed by atoms with Crippen LogP contribution in [-0.2, 0) is 11.2 Å². The average Bonchev–Trinajstić information content (AvgIpc) is 3.07. The zero-order chi connectivity index (χ0) is 17.6. The second-order valence-corrected chi connectivity index (χ2v) is 5.84. The van der Waals surface area contributed by atoms with Crippen molar-refractivity contribution in [2.45, 2.75) is 13.3 Å². The van der Waals surface area contributed by atoms with Gasteiger partial charge in [-0.15, -0.1) is 0 Å². The first-order chi connectivity index (χ1) is 12.1. The molecule has 0 aliphatic carbocycles. The number of carbonyl (C=O) groups excluding carboxylic acids is 2. The minimum Gasteiger partial charge on any atom is -0.454 e. The lowest BCUT2D eigenvalue weighted by atomic mass is 10.1. The minimum absolute atomic E-state index is 0.0477. The first kappa shape index (κ1) is 16.8. The van der Waals surface area contributed by atoms with E-state index in [2.05, 4.69) is 10.6 Å². The van der Waals surface area contributed by atoms with Crippen molar-refractivity contribution in [1.29, 1.82) is 0 Å². The Hall–Kier alpha value is -3.02. The number of carbonyl (C=O) groups is 2. The number of hydrogen-bond acceptors (Lipinski definition) is 4. The molecule has 0 fully saturated rings.